The highest BCUT2D eigenvalue weighted by atomic mass is 16.6. The lowest BCUT2D eigenvalue weighted by molar-refractivity contribution is -0.135. The van der Waals surface area contributed by atoms with E-state index in [9.17, 15) is 14.4 Å². The van der Waals surface area contributed by atoms with Gasteiger partial charge in [0.1, 0.15) is 35.6 Å². The lowest BCUT2D eigenvalue weighted by atomic mass is 9.92. The summed E-state index contributed by atoms with van der Waals surface area (Å²) in [7, 11) is 2.99. The molecule has 312 valence electrons. The van der Waals surface area contributed by atoms with Gasteiger partial charge in [-0.2, -0.15) is 0 Å². The number of hydrogen-bond donors (Lipinski definition) is 3. The summed E-state index contributed by atoms with van der Waals surface area (Å²) in [5.74, 6) is 2.47. The number of carbonyl (C=O) groups excluding carboxylic acids is 3. The Morgan fingerprint density at radius 1 is 0.983 bits per heavy atom. The monoisotopic (exact) mass is 805 g/mol. The molecule has 0 aliphatic carbocycles. The topological polar surface area (TPSA) is 164 Å². The molecule has 3 aromatic carbocycles. The van der Waals surface area contributed by atoms with Crippen molar-refractivity contribution in [2.75, 3.05) is 33.9 Å². The lowest BCUT2D eigenvalue weighted by Crippen LogP contribution is -2.51. The molecule has 0 radical (unpaired) electrons. The number of nitrogens with one attached hydrogen (secondary N) is 3. The molecule has 5 aromatic rings. The molecule has 3 N–H and O–H groups in total. The Balaban J connectivity index is 1.05. The van der Waals surface area contributed by atoms with Gasteiger partial charge in [-0.05, 0) is 91.8 Å². The molecule has 8 rings (SSSR count). The minimum absolute atomic E-state index is 0.0690. The molecule has 3 aliphatic heterocycles. The zero-order valence-corrected chi connectivity index (χ0v) is 35.2. The molecule has 6 atom stereocenters. The van der Waals surface area contributed by atoms with Crippen molar-refractivity contribution in [3.05, 3.63) is 65.9 Å². The van der Waals surface area contributed by atoms with Gasteiger partial charge in [0.25, 0.3) is 0 Å². The van der Waals surface area contributed by atoms with E-state index < -0.39 is 17.7 Å². The number of aromatic amines is 2. The number of ether oxygens (including phenoxy) is 4. The predicted octanol–water partition coefficient (Wildman–Crippen LogP) is 8.29. The standard InChI is InChI=1S/C45H55N7O7/c1-9-25(3)38(50-43(54)57-8)42(53)51-20-24(2)14-35(51)40-46-19-34(48-40)28-10-12-30-29(16-28)23-58-37-18-31-27(17-32(30)37)11-13-33-39(31)49-41(47-33)36-15-26(22-56-7)21-52(36)44(55)59-45(4,5)6/h10-13,16-19,24-26,35-36,38H,9,14-15,20-23H2,1-8H3,(H,46,48)(H,47,49)(H,50,54)/t24-,25?,26?,35-,36-,38?/m0/s1. The van der Waals surface area contributed by atoms with Gasteiger partial charge in [0, 0.05) is 37.1 Å². The quantitative estimate of drug-likeness (QED) is 0.133. The van der Waals surface area contributed by atoms with Gasteiger partial charge in [-0.15, -0.1) is 0 Å². The summed E-state index contributed by atoms with van der Waals surface area (Å²) in [6.45, 7) is 13.8. The Bertz CT molecular complexity index is 2400. The van der Waals surface area contributed by atoms with Crippen LogP contribution in [0.3, 0.4) is 0 Å². The molecule has 14 nitrogen and oxygen atoms in total. The number of aromatic nitrogens is 4. The number of likely N-dealkylation sites (tertiary alicyclic amines) is 2. The average molecular weight is 806 g/mol. The fraction of sp³-hybridized carbons (Fsp3) is 0.489. The van der Waals surface area contributed by atoms with E-state index in [-0.39, 0.29) is 41.8 Å². The van der Waals surface area contributed by atoms with E-state index in [1.54, 1.807) is 12.0 Å². The molecule has 3 aliphatic rings. The second-order valence-corrected chi connectivity index (χ2v) is 17.5. The van der Waals surface area contributed by atoms with Crippen molar-refractivity contribution in [2.24, 2.45) is 17.8 Å². The van der Waals surface area contributed by atoms with Crippen LogP contribution in [0.25, 0.3) is 44.2 Å². The third-order valence-electron chi connectivity index (χ3n) is 12.1. The van der Waals surface area contributed by atoms with Gasteiger partial charge in [-0.3, -0.25) is 9.69 Å². The summed E-state index contributed by atoms with van der Waals surface area (Å²) >= 11 is 0. The van der Waals surface area contributed by atoms with Crippen LogP contribution in [0.1, 0.15) is 90.1 Å². The van der Waals surface area contributed by atoms with Crippen LogP contribution < -0.4 is 10.1 Å². The van der Waals surface area contributed by atoms with Crippen molar-refractivity contribution in [3.63, 3.8) is 0 Å². The van der Waals surface area contributed by atoms with Crippen molar-refractivity contribution < 1.29 is 33.3 Å². The fourth-order valence-electron chi connectivity index (χ4n) is 8.94. The summed E-state index contributed by atoms with van der Waals surface area (Å²) in [5.41, 5.74) is 6.07. The van der Waals surface area contributed by atoms with Gasteiger partial charge < -0.3 is 39.1 Å². The predicted molar refractivity (Wildman–Crippen MR) is 224 cm³/mol. The second kappa shape index (κ2) is 15.9. The number of H-pyrrole nitrogens is 2. The lowest BCUT2D eigenvalue weighted by Gasteiger charge is -2.30. The number of methoxy groups -OCH3 is 2. The molecule has 3 unspecified atom stereocenters. The number of carbonyl (C=O) groups is 3. The Morgan fingerprint density at radius 3 is 2.53 bits per heavy atom. The summed E-state index contributed by atoms with van der Waals surface area (Å²) in [6, 6.07) is 13.5. The van der Waals surface area contributed by atoms with Crippen LogP contribution >= 0.6 is 0 Å². The number of benzene rings is 3. The number of alkyl carbamates (subject to hydrolysis) is 1. The number of nitrogens with zero attached hydrogens (tertiary/aromatic N) is 4. The summed E-state index contributed by atoms with van der Waals surface area (Å²) in [5, 5.41) is 4.77. The van der Waals surface area contributed by atoms with Crippen LogP contribution in [0.4, 0.5) is 9.59 Å². The van der Waals surface area contributed by atoms with Gasteiger partial charge in [0.15, 0.2) is 0 Å². The molecule has 14 heteroatoms. The van der Waals surface area contributed by atoms with Gasteiger partial charge in [0.2, 0.25) is 5.91 Å². The summed E-state index contributed by atoms with van der Waals surface area (Å²) < 4.78 is 22.5. The molecule has 5 heterocycles. The Labute approximate surface area is 344 Å². The first-order valence-electron chi connectivity index (χ1n) is 20.7. The first-order chi connectivity index (χ1) is 28.2. The summed E-state index contributed by atoms with van der Waals surface area (Å²) in [4.78, 5) is 60.0. The third-order valence-corrected chi connectivity index (χ3v) is 12.1. The number of imidazole rings is 2. The van der Waals surface area contributed by atoms with E-state index in [0.29, 0.717) is 26.3 Å². The van der Waals surface area contributed by atoms with Gasteiger partial charge in [-0.1, -0.05) is 45.4 Å². The van der Waals surface area contributed by atoms with E-state index >= 15 is 0 Å². The third kappa shape index (κ3) is 7.82. The molecular weight excluding hydrogens is 751 g/mol. The molecule has 59 heavy (non-hydrogen) atoms. The van der Waals surface area contributed by atoms with Crippen molar-refractivity contribution >= 4 is 39.9 Å². The number of hydrogen-bond acceptors (Lipinski definition) is 9. The van der Waals surface area contributed by atoms with Crippen molar-refractivity contribution in [1.82, 2.24) is 35.1 Å². The highest BCUT2D eigenvalue weighted by Crippen LogP contribution is 2.44. The molecule has 0 spiro atoms. The number of fused-ring (bicyclic) bond motifs is 6. The first kappa shape index (κ1) is 40.2. The van der Waals surface area contributed by atoms with E-state index in [0.717, 1.165) is 86.4 Å². The normalized spacial score (nSPS) is 21.2. The van der Waals surface area contributed by atoms with Crippen LogP contribution in [0, 0.1) is 17.8 Å². The number of rotatable bonds is 9. The van der Waals surface area contributed by atoms with Crippen molar-refractivity contribution in [2.45, 2.75) is 91.1 Å². The minimum atomic E-state index is -0.693. The van der Waals surface area contributed by atoms with E-state index in [4.69, 9.17) is 28.9 Å². The molecule has 0 saturated carbocycles. The molecule has 2 fully saturated rings. The average Bonchev–Trinajstić information content (AvgIpc) is 4.03. The van der Waals surface area contributed by atoms with E-state index in [1.807, 2.05) is 51.8 Å². The largest absolute Gasteiger partial charge is 0.488 e. The van der Waals surface area contributed by atoms with E-state index in [2.05, 4.69) is 58.6 Å². The molecular formula is C45H55N7O7. The highest BCUT2D eigenvalue weighted by molar-refractivity contribution is 6.07. The maximum atomic E-state index is 13.9. The van der Waals surface area contributed by atoms with Crippen LogP contribution in [-0.4, -0.2) is 93.4 Å². The van der Waals surface area contributed by atoms with Crippen LogP contribution in [0.5, 0.6) is 5.75 Å². The minimum Gasteiger partial charge on any atom is -0.488 e. The van der Waals surface area contributed by atoms with Crippen LogP contribution in [-0.2, 0) is 25.6 Å². The van der Waals surface area contributed by atoms with Crippen molar-refractivity contribution in [1.29, 1.82) is 0 Å². The highest BCUT2D eigenvalue weighted by Gasteiger charge is 2.42. The Kier molecular flexibility index (Phi) is 10.8. The van der Waals surface area contributed by atoms with E-state index in [1.165, 1.54) is 7.11 Å². The molecule has 2 saturated heterocycles. The summed E-state index contributed by atoms with van der Waals surface area (Å²) in [6.07, 6.45) is 3.06. The SMILES string of the molecule is CCC(C)C(NC(=O)OC)C(=O)N1C[C@@H](C)C[C@H]1c1ncc(-c2ccc3c(c2)COc2cc4c(ccc5[nH]c([C@@H]6CC(COC)CN6C(=O)OC(C)(C)C)nc54)cc2-3)[nH]1. The maximum absolute atomic E-state index is 13.9. The van der Waals surface area contributed by atoms with Crippen LogP contribution in [0.2, 0.25) is 0 Å². The van der Waals surface area contributed by atoms with Gasteiger partial charge in [0.05, 0.1) is 48.7 Å². The first-order valence-corrected chi connectivity index (χ1v) is 20.7. The zero-order chi connectivity index (χ0) is 41.7. The molecule has 0 bridgehead atoms. The van der Waals surface area contributed by atoms with Gasteiger partial charge in [-0.25, -0.2) is 19.6 Å². The Hall–Kier alpha value is -5.63. The fourth-order valence-corrected chi connectivity index (χ4v) is 8.94. The van der Waals surface area contributed by atoms with Crippen LogP contribution in [0.15, 0.2) is 48.7 Å². The molecule has 2 aromatic heterocycles. The number of amides is 3. The maximum Gasteiger partial charge on any atom is 0.410 e. The zero-order valence-electron chi connectivity index (χ0n) is 35.2. The van der Waals surface area contributed by atoms with Crippen molar-refractivity contribution in [3.8, 4) is 28.1 Å². The Morgan fingerprint density at radius 2 is 1.78 bits per heavy atom. The second-order valence-electron chi connectivity index (χ2n) is 17.5. The molecule has 3 amide bonds. The van der Waals surface area contributed by atoms with Gasteiger partial charge >= 0.3 is 12.2 Å². The smallest absolute Gasteiger partial charge is 0.410 e.